The molecule has 0 spiro atoms. The Kier molecular flexibility index (Phi) is 7.73. The van der Waals surface area contributed by atoms with E-state index in [9.17, 15) is 9.59 Å². The average molecular weight is 348 g/mol. The molecule has 0 saturated carbocycles. The van der Waals surface area contributed by atoms with Crippen molar-refractivity contribution >= 4 is 11.8 Å². The number of hydrogen-bond acceptors (Lipinski definition) is 4. The van der Waals surface area contributed by atoms with Crippen LogP contribution in [-0.4, -0.2) is 55.7 Å². The topological polar surface area (TPSA) is 67.9 Å². The lowest BCUT2D eigenvalue weighted by molar-refractivity contribution is -0.140. The molecule has 0 radical (unpaired) electrons. The van der Waals surface area contributed by atoms with E-state index in [0.29, 0.717) is 38.6 Å². The SMILES string of the molecule is CC(C)C[C@H](NC(=O)CCOc1ccccc1)C(=O)N1CCOCC1. The maximum atomic E-state index is 12.7. The van der Waals surface area contributed by atoms with Gasteiger partial charge in [-0.3, -0.25) is 9.59 Å². The van der Waals surface area contributed by atoms with Crippen LogP contribution in [0.15, 0.2) is 30.3 Å². The third kappa shape index (κ3) is 6.74. The lowest BCUT2D eigenvalue weighted by atomic mass is 10.0. The highest BCUT2D eigenvalue weighted by atomic mass is 16.5. The number of morpholine rings is 1. The minimum absolute atomic E-state index is 0.0191. The number of ether oxygens (including phenoxy) is 2. The molecule has 1 N–H and O–H groups in total. The first kappa shape index (κ1) is 19.2. The summed E-state index contributed by atoms with van der Waals surface area (Å²) in [5.74, 6) is 0.867. The van der Waals surface area contributed by atoms with E-state index in [2.05, 4.69) is 5.32 Å². The van der Waals surface area contributed by atoms with Crippen molar-refractivity contribution in [3.8, 4) is 5.75 Å². The molecule has 25 heavy (non-hydrogen) atoms. The molecule has 1 fully saturated rings. The van der Waals surface area contributed by atoms with Gasteiger partial charge < -0.3 is 19.7 Å². The molecule has 1 heterocycles. The van der Waals surface area contributed by atoms with Crippen molar-refractivity contribution in [2.24, 2.45) is 5.92 Å². The fraction of sp³-hybridized carbons (Fsp3) is 0.579. The van der Waals surface area contributed by atoms with Crippen LogP contribution >= 0.6 is 0 Å². The van der Waals surface area contributed by atoms with E-state index in [1.54, 1.807) is 4.90 Å². The summed E-state index contributed by atoms with van der Waals surface area (Å²) in [6.45, 7) is 6.66. The molecule has 2 amide bonds. The Hall–Kier alpha value is -2.08. The van der Waals surface area contributed by atoms with Gasteiger partial charge in [0.1, 0.15) is 11.8 Å². The summed E-state index contributed by atoms with van der Waals surface area (Å²) in [6, 6.07) is 8.89. The van der Waals surface area contributed by atoms with Gasteiger partial charge in [0.05, 0.1) is 26.2 Å². The number of carbonyl (C=O) groups is 2. The molecular formula is C19H28N2O4. The van der Waals surface area contributed by atoms with Crippen LogP contribution in [0.4, 0.5) is 0 Å². The lowest BCUT2D eigenvalue weighted by Crippen LogP contribution is -2.52. The second kappa shape index (κ2) is 10.0. The van der Waals surface area contributed by atoms with E-state index < -0.39 is 6.04 Å². The Bertz CT molecular complexity index is 542. The van der Waals surface area contributed by atoms with Crippen LogP contribution in [0, 0.1) is 5.92 Å². The summed E-state index contributed by atoms with van der Waals surface area (Å²) in [4.78, 5) is 26.7. The largest absolute Gasteiger partial charge is 0.493 e. The summed E-state index contributed by atoms with van der Waals surface area (Å²) >= 11 is 0. The summed E-state index contributed by atoms with van der Waals surface area (Å²) in [6.07, 6.45) is 0.849. The zero-order valence-electron chi connectivity index (χ0n) is 15.1. The molecule has 0 aromatic heterocycles. The van der Waals surface area contributed by atoms with Crippen LogP contribution in [0.3, 0.4) is 0 Å². The minimum atomic E-state index is -0.484. The first-order chi connectivity index (χ1) is 12.1. The second-order valence-electron chi connectivity index (χ2n) is 6.60. The highest BCUT2D eigenvalue weighted by molar-refractivity contribution is 5.87. The Morgan fingerprint density at radius 2 is 1.88 bits per heavy atom. The van der Waals surface area contributed by atoms with Crippen LogP contribution in [-0.2, 0) is 14.3 Å². The molecule has 0 unspecified atom stereocenters. The Morgan fingerprint density at radius 1 is 1.20 bits per heavy atom. The number of amides is 2. The molecule has 2 rings (SSSR count). The van der Waals surface area contributed by atoms with Gasteiger partial charge in [-0.25, -0.2) is 0 Å². The molecule has 0 aliphatic carbocycles. The molecule has 1 aliphatic rings. The van der Waals surface area contributed by atoms with E-state index in [1.165, 1.54) is 0 Å². The van der Waals surface area contributed by atoms with E-state index in [-0.39, 0.29) is 24.8 Å². The third-order valence-corrected chi connectivity index (χ3v) is 4.00. The standard InChI is InChI=1S/C19H28N2O4/c1-15(2)14-17(19(23)21-9-12-24-13-10-21)20-18(22)8-11-25-16-6-4-3-5-7-16/h3-7,15,17H,8-14H2,1-2H3,(H,20,22)/t17-/m0/s1. The highest BCUT2D eigenvalue weighted by Gasteiger charge is 2.27. The molecule has 138 valence electrons. The van der Waals surface area contributed by atoms with Crippen LogP contribution < -0.4 is 10.1 Å². The van der Waals surface area contributed by atoms with Gasteiger partial charge in [0.25, 0.3) is 0 Å². The van der Waals surface area contributed by atoms with Crippen LogP contribution in [0.2, 0.25) is 0 Å². The normalized spacial score (nSPS) is 15.7. The van der Waals surface area contributed by atoms with Crippen molar-refractivity contribution in [1.29, 1.82) is 0 Å². The average Bonchev–Trinajstić information content (AvgIpc) is 2.62. The number of rotatable bonds is 8. The first-order valence-corrected chi connectivity index (χ1v) is 8.90. The number of hydrogen-bond donors (Lipinski definition) is 1. The van der Waals surface area contributed by atoms with Gasteiger partial charge in [-0.2, -0.15) is 0 Å². The summed E-state index contributed by atoms with van der Waals surface area (Å²) < 4.78 is 10.8. The molecule has 1 aromatic rings. The van der Waals surface area contributed by atoms with Crippen LogP contribution in [0.25, 0.3) is 0 Å². The Balaban J connectivity index is 1.82. The highest BCUT2D eigenvalue weighted by Crippen LogP contribution is 2.11. The summed E-state index contributed by atoms with van der Waals surface area (Å²) in [5, 5.41) is 2.88. The Morgan fingerprint density at radius 3 is 2.52 bits per heavy atom. The third-order valence-electron chi connectivity index (χ3n) is 4.00. The number of para-hydroxylation sites is 1. The summed E-state index contributed by atoms with van der Waals surface area (Å²) in [7, 11) is 0. The monoisotopic (exact) mass is 348 g/mol. The number of carbonyl (C=O) groups excluding carboxylic acids is 2. The van der Waals surface area contributed by atoms with Gasteiger partial charge in [-0.15, -0.1) is 0 Å². The van der Waals surface area contributed by atoms with Gasteiger partial charge in [0.2, 0.25) is 11.8 Å². The number of benzene rings is 1. The molecule has 0 bridgehead atoms. The van der Waals surface area contributed by atoms with Gasteiger partial charge in [0, 0.05) is 13.1 Å². The Labute approximate surface area is 149 Å². The molecule has 1 saturated heterocycles. The quantitative estimate of drug-likeness (QED) is 0.778. The van der Waals surface area contributed by atoms with Crippen LogP contribution in [0.5, 0.6) is 5.75 Å². The fourth-order valence-electron chi connectivity index (χ4n) is 2.74. The van der Waals surface area contributed by atoms with Crippen molar-refractivity contribution < 1.29 is 19.1 Å². The van der Waals surface area contributed by atoms with Gasteiger partial charge in [-0.1, -0.05) is 32.0 Å². The van der Waals surface area contributed by atoms with Crippen molar-refractivity contribution in [1.82, 2.24) is 10.2 Å². The molecule has 1 aliphatic heterocycles. The van der Waals surface area contributed by atoms with Gasteiger partial charge in [-0.05, 0) is 24.5 Å². The lowest BCUT2D eigenvalue weighted by Gasteiger charge is -2.31. The molecule has 1 aromatic carbocycles. The van der Waals surface area contributed by atoms with E-state index in [1.807, 2.05) is 44.2 Å². The molecule has 6 nitrogen and oxygen atoms in total. The minimum Gasteiger partial charge on any atom is -0.493 e. The van der Waals surface area contributed by atoms with E-state index >= 15 is 0 Å². The maximum absolute atomic E-state index is 12.7. The number of nitrogens with one attached hydrogen (secondary N) is 1. The van der Waals surface area contributed by atoms with E-state index in [4.69, 9.17) is 9.47 Å². The van der Waals surface area contributed by atoms with Crippen molar-refractivity contribution in [2.75, 3.05) is 32.9 Å². The van der Waals surface area contributed by atoms with Crippen molar-refractivity contribution in [3.05, 3.63) is 30.3 Å². The smallest absolute Gasteiger partial charge is 0.245 e. The zero-order chi connectivity index (χ0) is 18.1. The first-order valence-electron chi connectivity index (χ1n) is 8.90. The predicted octanol–water partition coefficient (Wildman–Crippen LogP) is 1.85. The van der Waals surface area contributed by atoms with Crippen molar-refractivity contribution in [3.63, 3.8) is 0 Å². The van der Waals surface area contributed by atoms with Crippen molar-refractivity contribution in [2.45, 2.75) is 32.7 Å². The number of nitrogens with zero attached hydrogens (tertiary/aromatic N) is 1. The zero-order valence-corrected chi connectivity index (χ0v) is 15.1. The molecule has 6 heteroatoms. The van der Waals surface area contributed by atoms with Gasteiger partial charge in [0.15, 0.2) is 0 Å². The van der Waals surface area contributed by atoms with Crippen LogP contribution in [0.1, 0.15) is 26.7 Å². The predicted molar refractivity (Wildman–Crippen MR) is 95.3 cm³/mol. The maximum Gasteiger partial charge on any atom is 0.245 e. The molecule has 1 atom stereocenters. The molecular weight excluding hydrogens is 320 g/mol. The fourth-order valence-corrected chi connectivity index (χ4v) is 2.74. The summed E-state index contributed by atoms with van der Waals surface area (Å²) in [5.41, 5.74) is 0. The van der Waals surface area contributed by atoms with E-state index in [0.717, 1.165) is 5.75 Å². The second-order valence-corrected chi connectivity index (χ2v) is 6.60. The van der Waals surface area contributed by atoms with Gasteiger partial charge >= 0.3 is 0 Å².